The molecule has 3 N–H and O–H groups in total. The summed E-state index contributed by atoms with van der Waals surface area (Å²) < 4.78 is 30.5. The zero-order valence-corrected chi connectivity index (χ0v) is 21.4. The van der Waals surface area contributed by atoms with Gasteiger partial charge in [0.25, 0.3) is 0 Å². The summed E-state index contributed by atoms with van der Waals surface area (Å²) in [5.41, 5.74) is 3.33. The molecule has 186 valence electrons. The van der Waals surface area contributed by atoms with Crippen LogP contribution in [0.2, 0.25) is 0 Å². The van der Waals surface area contributed by atoms with Gasteiger partial charge >= 0.3 is 0 Å². The summed E-state index contributed by atoms with van der Waals surface area (Å²) >= 11 is 0. The molecule has 1 aliphatic heterocycles. The summed E-state index contributed by atoms with van der Waals surface area (Å²) in [6, 6.07) is 10.8. The van der Waals surface area contributed by atoms with Gasteiger partial charge in [-0.15, -0.1) is 0 Å². The van der Waals surface area contributed by atoms with Gasteiger partial charge in [-0.2, -0.15) is 0 Å². The molecule has 3 heterocycles. The molecule has 0 bridgehead atoms. The Hall–Kier alpha value is -3.17. The number of para-hydroxylation sites is 1. The fraction of sp³-hybridized carbons (Fsp3) is 0.385. The maximum Gasteiger partial charge on any atom is 0.177 e. The van der Waals surface area contributed by atoms with Crippen molar-refractivity contribution >= 4 is 32.8 Å². The number of ether oxygens (including phenoxy) is 1. The third-order valence-corrected chi connectivity index (χ3v) is 7.11. The van der Waals surface area contributed by atoms with Crippen molar-refractivity contribution in [2.45, 2.75) is 50.5 Å². The van der Waals surface area contributed by atoms with E-state index >= 15 is 0 Å². The van der Waals surface area contributed by atoms with Gasteiger partial charge in [0.1, 0.15) is 5.82 Å². The van der Waals surface area contributed by atoms with Crippen LogP contribution in [0.5, 0.6) is 5.75 Å². The minimum absolute atomic E-state index is 0.00341. The van der Waals surface area contributed by atoms with Gasteiger partial charge in [-0.3, -0.25) is 0 Å². The van der Waals surface area contributed by atoms with Gasteiger partial charge in [0.15, 0.2) is 21.4 Å². The van der Waals surface area contributed by atoms with Gasteiger partial charge in [-0.05, 0) is 81.9 Å². The van der Waals surface area contributed by atoms with Gasteiger partial charge in [0.05, 0.1) is 16.7 Å². The number of nitrogens with zero attached hydrogens (tertiary/aromatic N) is 2. The van der Waals surface area contributed by atoms with Crippen LogP contribution in [-0.2, 0) is 9.84 Å². The van der Waals surface area contributed by atoms with Crippen LogP contribution in [0.15, 0.2) is 53.7 Å². The quantitative estimate of drug-likeness (QED) is 0.404. The smallest absolute Gasteiger partial charge is 0.177 e. The number of aromatic nitrogens is 2. The molecule has 1 fully saturated rings. The molecule has 0 amide bonds. The van der Waals surface area contributed by atoms with Crippen molar-refractivity contribution in [3.8, 4) is 5.75 Å². The van der Waals surface area contributed by atoms with Crippen molar-refractivity contribution in [2.75, 3.05) is 30.0 Å². The summed E-state index contributed by atoms with van der Waals surface area (Å²) in [7, 11) is -3.38. The lowest BCUT2D eigenvalue weighted by molar-refractivity contribution is 0.242. The van der Waals surface area contributed by atoms with Crippen LogP contribution >= 0.6 is 0 Å². The second-order valence-corrected chi connectivity index (χ2v) is 11.2. The SMILES string of the molecule is Cc1cnc(Nc2ncc(C3CCNCC3)cc2OC(C)C)cc1Nc1ccccc1S(C)(=O)=O. The van der Waals surface area contributed by atoms with Crippen LogP contribution in [0.25, 0.3) is 0 Å². The molecule has 0 aliphatic carbocycles. The molecule has 9 heteroatoms. The third kappa shape index (κ3) is 6.29. The first-order valence-corrected chi connectivity index (χ1v) is 13.8. The Balaban J connectivity index is 1.62. The zero-order valence-electron chi connectivity index (χ0n) is 20.6. The second kappa shape index (κ2) is 10.6. The first-order chi connectivity index (χ1) is 16.7. The lowest BCUT2D eigenvalue weighted by atomic mass is 9.91. The molecule has 0 radical (unpaired) electrons. The van der Waals surface area contributed by atoms with Crippen molar-refractivity contribution in [3.05, 3.63) is 59.9 Å². The number of pyridine rings is 2. The molecule has 0 unspecified atom stereocenters. The van der Waals surface area contributed by atoms with Gasteiger partial charge < -0.3 is 20.7 Å². The molecule has 1 aliphatic rings. The van der Waals surface area contributed by atoms with Crippen LogP contribution in [0.4, 0.5) is 23.0 Å². The highest BCUT2D eigenvalue weighted by molar-refractivity contribution is 7.90. The molecule has 3 aromatic rings. The third-order valence-electron chi connectivity index (χ3n) is 5.95. The predicted octanol–water partition coefficient (Wildman–Crippen LogP) is 4.93. The molecule has 4 rings (SSSR count). The standard InChI is InChI=1S/C26H33N5O3S/c1-17(2)34-23-13-20(19-9-11-27-12-10-19)16-29-26(23)31-25-14-22(18(3)15-28-25)30-21-7-5-6-8-24(21)35(4,32)33/h5-8,13-17,19,27H,9-12H2,1-4H3,(H2,28,29,30,31). The van der Waals surface area contributed by atoms with E-state index in [0.29, 0.717) is 29.0 Å². The highest BCUT2D eigenvalue weighted by atomic mass is 32.2. The Morgan fingerprint density at radius 1 is 1.03 bits per heavy atom. The van der Waals surface area contributed by atoms with Gasteiger partial charge in [-0.1, -0.05) is 12.1 Å². The Kier molecular flexibility index (Phi) is 7.57. The lowest BCUT2D eigenvalue weighted by Gasteiger charge is -2.24. The summed E-state index contributed by atoms with van der Waals surface area (Å²) in [5.74, 6) is 2.33. The number of piperidine rings is 1. The summed E-state index contributed by atoms with van der Waals surface area (Å²) in [5, 5.41) is 9.95. The van der Waals surface area contributed by atoms with Crippen molar-refractivity contribution in [3.63, 3.8) is 0 Å². The van der Waals surface area contributed by atoms with E-state index in [2.05, 4.69) is 32.0 Å². The molecule has 1 saturated heterocycles. The first-order valence-electron chi connectivity index (χ1n) is 11.9. The van der Waals surface area contributed by atoms with Gasteiger partial charge in [-0.25, -0.2) is 18.4 Å². The van der Waals surface area contributed by atoms with Crippen molar-refractivity contribution < 1.29 is 13.2 Å². The first kappa shape index (κ1) is 24.9. The lowest BCUT2D eigenvalue weighted by Crippen LogP contribution is -2.26. The number of sulfone groups is 1. The van der Waals surface area contributed by atoms with Crippen LogP contribution < -0.4 is 20.7 Å². The molecule has 35 heavy (non-hydrogen) atoms. The normalized spacial score (nSPS) is 14.7. The maximum absolute atomic E-state index is 12.2. The van der Waals surface area contributed by atoms with E-state index < -0.39 is 9.84 Å². The van der Waals surface area contributed by atoms with E-state index in [1.165, 1.54) is 11.8 Å². The van der Waals surface area contributed by atoms with Gasteiger partial charge in [0.2, 0.25) is 0 Å². The molecule has 1 aromatic carbocycles. The second-order valence-electron chi connectivity index (χ2n) is 9.21. The minimum Gasteiger partial charge on any atom is -0.487 e. The Morgan fingerprint density at radius 2 is 1.77 bits per heavy atom. The Labute approximate surface area is 207 Å². The van der Waals surface area contributed by atoms with Gasteiger partial charge in [0, 0.05) is 30.4 Å². The van der Waals surface area contributed by atoms with E-state index in [1.54, 1.807) is 30.5 Å². The summed E-state index contributed by atoms with van der Waals surface area (Å²) in [6.45, 7) is 7.92. The van der Waals surface area contributed by atoms with Crippen LogP contribution in [0.1, 0.15) is 43.7 Å². The van der Waals surface area contributed by atoms with E-state index in [-0.39, 0.29) is 11.0 Å². The summed E-state index contributed by atoms with van der Waals surface area (Å²) in [4.78, 5) is 9.44. The van der Waals surface area contributed by atoms with Crippen LogP contribution in [0, 0.1) is 6.92 Å². The number of aryl methyl sites for hydroxylation is 1. The number of rotatable bonds is 8. The summed E-state index contributed by atoms with van der Waals surface area (Å²) in [6.07, 6.45) is 7.02. The van der Waals surface area contributed by atoms with Crippen molar-refractivity contribution in [2.24, 2.45) is 0 Å². The monoisotopic (exact) mass is 495 g/mol. The Morgan fingerprint density at radius 3 is 2.49 bits per heavy atom. The molecular formula is C26H33N5O3S. The van der Waals surface area contributed by atoms with Crippen LogP contribution in [-0.4, -0.2) is 43.8 Å². The fourth-order valence-corrected chi connectivity index (χ4v) is 5.01. The van der Waals surface area contributed by atoms with Crippen molar-refractivity contribution in [1.82, 2.24) is 15.3 Å². The molecule has 8 nitrogen and oxygen atoms in total. The molecule has 0 spiro atoms. The predicted molar refractivity (Wildman–Crippen MR) is 140 cm³/mol. The van der Waals surface area contributed by atoms with Crippen LogP contribution in [0.3, 0.4) is 0 Å². The highest BCUT2D eigenvalue weighted by Crippen LogP contribution is 2.34. The van der Waals surface area contributed by atoms with E-state index in [0.717, 1.165) is 37.2 Å². The van der Waals surface area contributed by atoms with Crippen molar-refractivity contribution in [1.29, 1.82) is 0 Å². The number of benzene rings is 1. The average Bonchev–Trinajstić information content (AvgIpc) is 2.82. The van der Waals surface area contributed by atoms with E-state index in [1.807, 2.05) is 33.0 Å². The average molecular weight is 496 g/mol. The molecule has 2 aromatic heterocycles. The topological polar surface area (TPSA) is 105 Å². The molecule has 0 atom stereocenters. The fourth-order valence-electron chi connectivity index (χ4n) is 4.16. The zero-order chi connectivity index (χ0) is 25.0. The number of anilines is 4. The molecular weight excluding hydrogens is 462 g/mol. The minimum atomic E-state index is -3.38. The maximum atomic E-state index is 12.2. The van der Waals surface area contributed by atoms with E-state index in [9.17, 15) is 8.42 Å². The van der Waals surface area contributed by atoms with E-state index in [4.69, 9.17) is 4.74 Å². The largest absolute Gasteiger partial charge is 0.487 e. The number of nitrogens with one attached hydrogen (secondary N) is 3. The number of hydrogen-bond donors (Lipinski definition) is 3. The Bertz CT molecular complexity index is 1290. The highest BCUT2D eigenvalue weighted by Gasteiger charge is 2.19. The molecule has 0 saturated carbocycles. The number of hydrogen-bond acceptors (Lipinski definition) is 8.